The van der Waals surface area contributed by atoms with E-state index in [4.69, 9.17) is 4.74 Å². The molecule has 5 nitrogen and oxygen atoms in total. The fraction of sp³-hybridized carbons (Fsp3) is 0.385. The maximum Gasteiger partial charge on any atom is 0.164 e. The van der Waals surface area contributed by atoms with Crippen LogP contribution in [0.1, 0.15) is 11.4 Å². The Labute approximate surface area is 115 Å². The van der Waals surface area contributed by atoms with Gasteiger partial charge < -0.3 is 10.1 Å². The van der Waals surface area contributed by atoms with Crippen LogP contribution in [0.15, 0.2) is 24.5 Å². The van der Waals surface area contributed by atoms with Crippen LogP contribution in [-0.4, -0.2) is 35.0 Å². The van der Waals surface area contributed by atoms with Gasteiger partial charge in [-0.25, -0.2) is 18.4 Å². The Hall–Kier alpha value is -1.86. The molecule has 108 valence electrons. The molecule has 0 amide bonds. The number of aromatic nitrogens is 3. The molecule has 0 saturated heterocycles. The number of halogens is 2. The summed E-state index contributed by atoms with van der Waals surface area (Å²) in [6.45, 7) is 2.12. The van der Waals surface area contributed by atoms with Gasteiger partial charge in [0, 0.05) is 19.7 Å². The van der Waals surface area contributed by atoms with Gasteiger partial charge >= 0.3 is 0 Å². The summed E-state index contributed by atoms with van der Waals surface area (Å²) in [5.74, 6) is -0.568. The second-order valence-electron chi connectivity index (χ2n) is 4.31. The minimum atomic E-state index is -0.596. The molecule has 1 N–H and O–H groups in total. The van der Waals surface area contributed by atoms with E-state index in [2.05, 4.69) is 15.4 Å². The SMILES string of the molecule is COCCNCc1ncn(Cc2cc(F)cc(F)c2)n1. The molecule has 0 bridgehead atoms. The zero-order chi connectivity index (χ0) is 14.4. The predicted molar refractivity (Wildman–Crippen MR) is 69.1 cm³/mol. The fourth-order valence-electron chi connectivity index (χ4n) is 1.75. The largest absolute Gasteiger partial charge is 0.383 e. The number of benzene rings is 1. The highest BCUT2D eigenvalue weighted by Gasteiger charge is 2.04. The molecule has 7 heteroatoms. The maximum atomic E-state index is 13.1. The van der Waals surface area contributed by atoms with E-state index in [0.29, 0.717) is 31.1 Å². The van der Waals surface area contributed by atoms with Gasteiger partial charge in [-0.15, -0.1) is 0 Å². The van der Waals surface area contributed by atoms with Crippen molar-refractivity contribution in [3.05, 3.63) is 47.5 Å². The third-order valence-electron chi connectivity index (χ3n) is 2.62. The average molecular weight is 282 g/mol. The van der Waals surface area contributed by atoms with Crippen molar-refractivity contribution in [3.63, 3.8) is 0 Å². The molecular formula is C13H16F2N4O. The summed E-state index contributed by atoms with van der Waals surface area (Å²) < 4.78 is 32.6. The van der Waals surface area contributed by atoms with Crippen molar-refractivity contribution < 1.29 is 13.5 Å². The number of hydrogen-bond donors (Lipinski definition) is 1. The lowest BCUT2D eigenvalue weighted by molar-refractivity contribution is 0.199. The van der Waals surface area contributed by atoms with Crippen LogP contribution in [0.4, 0.5) is 8.78 Å². The predicted octanol–water partition coefficient (Wildman–Crippen LogP) is 1.34. The molecule has 1 aromatic carbocycles. The normalized spacial score (nSPS) is 10.9. The first-order chi connectivity index (χ1) is 9.67. The lowest BCUT2D eigenvalue weighted by Crippen LogP contribution is -2.19. The quantitative estimate of drug-likeness (QED) is 0.779. The molecular weight excluding hydrogens is 266 g/mol. The minimum absolute atomic E-state index is 0.278. The van der Waals surface area contributed by atoms with E-state index < -0.39 is 11.6 Å². The van der Waals surface area contributed by atoms with Crippen LogP contribution in [0.3, 0.4) is 0 Å². The zero-order valence-electron chi connectivity index (χ0n) is 11.1. The Kier molecular flexibility index (Phi) is 5.14. The number of ether oxygens (including phenoxy) is 1. The molecule has 0 aliphatic rings. The van der Waals surface area contributed by atoms with Crippen LogP contribution in [-0.2, 0) is 17.8 Å². The lowest BCUT2D eigenvalue weighted by atomic mass is 10.2. The van der Waals surface area contributed by atoms with E-state index in [-0.39, 0.29) is 6.54 Å². The van der Waals surface area contributed by atoms with Gasteiger partial charge in [0.15, 0.2) is 5.82 Å². The number of nitrogens with one attached hydrogen (secondary N) is 1. The van der Waals surface area contributed by atoms with Gasteiger partial charge in [-0.05, 0) is 17.7 Å². The van der Waals surface area contributed by atoms with Crippen molar-refractivity contribution >= 4 is 0 Å². The first kappa shape index (κ1) is 14.5. The van der Waals surface area contributed by atoms with Gasteiger partial charge in [0.1, 0.15) is 18.0 Å². The summed E-state index contributed by atoms with van der Waals surface area (Å²) in [7, 11) is 1.63. The minimum Gasteiger partial charge on any atom is -0.383 e. The van der Waals surface area contributed by atoms with E-state index in [0.717, 1.165) is 6.07 Å². The molecule has 0 aliphatic carbocycles. The fourth-order valence-corrected chi connectivity index (χ4v) is 1.75. The van der Waals surface area contributed by atoms with Crippen molar-refractivity contribution in [1.29, 1.82) is 0 Å². The molecule has 1 heterocycles. The summed E-state index contributed by atoms with van der Waals surface area (Å²) in [6.07, 6.45) is 1.54. The molecule has 0 atom stereocenters. The highest BCUT2D eigenvalue weighted by atomic mass is 19.1. The van der Waals surface area contributed by atoms with E-state index in [1.54, 1.807) is 11.8 Å². The van der Waals surface area contributed by atoms with Gasteiger partial charge in [0.05, 0.1) is 19.7 Å². The van der Waals surface area contributed by atoms with Crippen molar-refractivity contribution in [2.45, 2.75) is 13.1 Å². The van der Waals surface area contributed by atoms with Crippen molar-refractivity contribution in [3.8, 4) is 0 Å². The van der Waals surface area contributed by atoms with Gasteiger partial charge in [0.2, 0.25) is 0 Å². The second-order valence-corrected chi connectivity index (χ2v) is 4.31. The van der Waals surface area contributed by atoms with Crippen LogP contribution in [0.2, 0.25) is 0 Å². The molecule has 2 aromatic rings. The van der Waals surface area contributed by atoms with Crippen molar-refractivity contribution in [2.75, 3.05) is 20.3 Å². The third-order valence-corrected chi connectivity index (χ3v) is 2.62. The topological polar surface area (TPSA) is 52.0 Å². The lowest BCUT2D eigenvalue weighted by Gasteiger charge is -2.02. The number of nitrogens with zero attached hydrogens (tertiary/aromatic N) is 3. The summed E-state index contributed by atoms with van der Waals surface area (Å²) >= 11 is 0. The molecule has 2 rings (SSSR count). The first-order valence-corrected chi connectivity index (χ1v) is 6.20. The summed E-state index contributed by atoms with van der Waals surface area (Å²) in [4.78, 5) is 4.12. The Morgan fingerprint density at radius 2 is 2.00 bits per heavy atom. The van der Waals surface area contributed by atoms with Crippen molar-refractivity contribution in [2.24, 2.45) is 0 Å². The number of methoxy groups -OCH3 is 1. The van der Waals surface area contributed by atoms with Crippen molar-refractivity contribution in [1.82, 2.24) is 20.1 Å². The van der Waals surface area contributed by atoms with Crippen LogP contribution >= 0.6 is 0 Å². The molecule has 0 aliphatic heterocycles. The summed E-state index contributed by atoms with van der Waals surface area (Å²) in [6, 6.07) is 3.40. The van der Waals surface area contributed by atoms with Gasteiger partial charge in [-0.1, -0.05) is 0 Å². The van der Waals surface area contributed by atoms with Crippen LogP contribution < -0.4 is 5.32 Å². The summed E-state index contributed by atoms with van der Waals surface area (Å²) in [5.41, 5.74) is 0.506. The Balaban J connectivity index is 1.92. The van der Waals surface area contributed by atoms with Crippen LogP contribution in [0, 0.1) is 11.6 Å². The monoisotopic (exact) mass is 282 g/mol. The van der Waals surface area contributed by atoms with E-state index >= 15 is 0 Å². The number of hydrogen-bond acceptors (Lipinski definition) is 4. The standard InChI is InChI=1S/C13H16F2N4O/c1-20-3-2-16-7-13-17-9-19(18-13)8-10-4-11(14)6-12(15)5-10/h4-6,9,16H,2-3,7-8H2,1H3. The molecule has 0 radical (unpaired) electrons. The Morgan fingerprint density at radius 3 is 2.70 bits per heavy atom. The number of rotatable bonds is 7. The van der Waals surface area contributed by atoms with E-state index in [1.165, 1.54) is 18.5 Å². The Morgan fingerprint density at radius 1 is 1.25 bits per heavy atom. The smallest absolute Gasteiger partial charge is 0.164 e. The third kappa shape index (κ3) is 4.36. The summed E-state index contributed by atoms with van der Waals surface area (Å²) in [5, 5.41) is 7.33. The first-order valence-electron chi connectivity index (χ1n) is 6.20. The van der Waals surface area contributed by atoms with Crippen LogP contribution in [0.5, 0.6) is 0 Å². The van der Waals surface area contributed by atoms with Gasteiger partial charge in [0.25, 0.3) is 0 Å². The Bertz CT molecular complexity index is 539. The molecule has 0 fully saturated rings. The van der Waals surface area contributed by atoms with Gasteiger partial charge in [-0.2, -0.15) is 5.10 Å². The second kappa shape index (κ2) is 7.06. The molecule has 0 saturated carbocycles. The molecule has 0 unspecified atom stereocenters. The zero-order valence-corrected chi connectivity index (χ0v) is 11.1. The van der Waals surface area contributed by atoms with E-state index in [9.17, 15) is 8.78 Å². The molecule has 0 spiro atoms. The molecule has 1 aromatic heterocycles. The van der Waals surface area contributed by atoms with Gasteiger partial charge in [-0.3, -0.25) is 0 Å². The highest BCUT2D eigenvalue weighted by molar-refractivity contribution is 5.17. The average Bonchev–Trinajstić information content (AvgIpc) is 2.81. The molecule has 20 heavy (non-hydrogen) atoms. The highest BCUT2D eigenvalue weighted by Crippen LogP contribution is 2.09. The van der Waals surface area contributed by atoms with Crippen LogP contribution in [0.25, 0.3) is 0 Å². The maximum absolute atomic E-state index is 13.1. The van der Waals surface area contributed by atoms with E-state index in [1.807, 2.05) is 0 Å².